The minimum Gasteiger partial charge on any atom is -0.373 e. The number of ether oxygens (including phenoxy) is 1. The number of aromatic nitrogens is 1. The van der Waals surface area contributed by atoms with Crippen LogP contribution in [0, 0.1) is 5.82 Å². The van der Waals surface area contributed by atoms with E-state index in [0.717, 1.165) is 0 Å². The van der Waals surface area contributed by atoms with Gasteiger partial charge in [-0.05, 0) is 70.4 Å². The smallest absolute Gasteiger partial charge is 0.260 e. The Bertz CT molecular complexity index is 1300. The van der Waals surface area contributed by atoms with Crippen molar-refractivity contribution in [1.82, 2.24) is 14.2 Å². The van der Waals surface area contributed by atoms with Crippen LogP contribution in [0.5, 0.6) is 0 Å². The van der Waals surface area contributed by atoms with E-state index in [1.54, 1.807) is 11.0 Å². The Labute approximate surface area is 209 Å². The van der Waals surface area contributed by atoms with E-state index in [-0.39, 0.29) is 41.9 Å². The van der Waals surface area contributed by atoms with Crippen LogP contribution in [-0.2, 0) is 14.8 Å². The van der Waals surface area contributed by atoms with Crippen molar-refractivity contribution in [1.29, 1.82) is 0 Å². The number of morpholine rings is 1. The first-order chi connectivity index (χ1) is 16.5. The summed E-state index contributed by atoms with van der Waals surface area (Å²) in [4.78, 5) is 21.6. The van der Waals surface area contributed by atoms with Gasteiger partial charge < -0.3 is 9.64 Å². The van der Waals surface area contributed by atoms with Gasteiger partial charge in [-0.2, -0.15) is 4.31 Å². The highest BCUT2D eigenvalue weighted by molar-refractivity contribution is 7.89. The van der Waals surface area contributed by atoms with Crippen LogP contribution in [-0.4, -0.2) is 81.0 Å². The predicted molar refractivity (Wildman–Crippen MR) is 135 cm³/mol. The number of halogens is 1. The van der Waals surface area contributed by atoms with E-state index in [0.29, 0.717) is 34.0 Å². The van der Waals surface area contributed by atoms with Crippen LogP contribution in [0.3, 0.4) is 0 Å². The van der Waals surface area contributed by atoms with Gasteiger partial charge in [0.2, 0.25) is 10.0 Å². The van der Waals surface area contributed by atoms with Crippen molar-refractivity contribution in [3.05, 3.63) is 53.8 Å². The van der Waals surface area contributed by atoms with Gasteiger partial charge in [0.05, 0.1) is 27.3 Å². The van der Waals surface area contributed by atoms with Crippen molar-refractivity contribution in [2.75, 3.05) is 45.2 Å². The lowest BCUT2D eigenvalue weighted by atomic mass is 10.2. The molecule has 8 nitrogen and oxygen atoms in total. The van der Waals surface area contributed by atoms with Gasteiger partial charge >= 0.3 is 0 Å². The Morgan fingerprint density at radius 1 is 1.11 bits per heavy atom. The minimum absolute atomic E-state index is 0.130. The van der Waals surface area contributed by atoms with E-state index in [1.165, 1.54) is 52.0 Å². The average molecular weight is 521 g/mol. The summed E-state index contributed by atoms with van der Waals surface area (Å²) in [6.45, 7) is 5.22. The maximum Gasteiger partial charge on any atom is 0.260 e. The van der Waals surface area contributed by atoms with Gasteiger partial charge in [-0.15, -0.1) is 0 Å². The van der Waals surface area contributed by atoms with Crippen LogP contribution in [0.25, 0.3) is 10.2 Å². The van der Waals surface area contributed by atoms with Gasteiger partial charge in [0, 0.05) is 31.7 Å². The number of nitrogens with zero attached hydrogens (tertiary/aromatic N) is 4. The van der Waals surface area contributed by atoms with E-state index in [1.807, 2.05) is 32.8 Å². The lowest BCUT2D eigenvalue weighted by molar-refractivity contribution is -0.0440. The third kappa shape index (κ3) is 5.70. The summed E-state index contributed by atoms with van der Waals surface area (Å²) >= 11 is 1.24. The fourth-order valence-electron chi connectivity index (χ4n) is 3.99. The summed E-state index contributed by atoms with van der Waals surface area (Å²) in [5.41, 5.74) is 0.960. The first-order valence-corrected chi connectivity index (χ1v) is 13.6. The molecule has 0 N–H and O–H groups in total. The number of anilines is 1. The van der Waals surface area contributed by atoms with Crippen molar-refractivity contribution in [3.63, 3.8) is 0 Å². The Morgan fingerprint density at radius 2 is 1.77 bits per heavy atom. The molecule has 2 heterocycles. The number of likely N-dealkylation sites (N-methyl/N-ethyl adjacent to an activating group) is 1. The fourth-order valence-corrected chi connectivity index (χ4v) is 6.59. The lowest BCUT2D eigenvalue weighted by Crippen LogP contribution is -2.48. The molecule has 11 heteroatoms. The molecule has 2 unspecified atom stereocenters. The van der Waals surface area contributed by atoms with Crippen LogP contribution in [0.1, 0.15) is 24.2 Å². The third-order valence-corrected chi connectivity index (χ3v) is 8.60. The first-order valence-electron chi connectivity index (χ1n) is 11.3. The maximum absolute atomic E-state index is 13.7. The van der Waals surface area contributed by atoms with Gasteiger partial charge in [-0.3, -0.25) is 9.69 Å². The van der Waals surface area contributed by atoms with Crippen LogP contribution in [0.15, 0.2) is 47.4 Å². The molecule has 0 spiro atoms. The van der Waals surface area contributed by atoms with Gasteiger partial charge in [0.25, 0.3) is 5.91 Å². The molecule has 2 atom stereocenters. The van der Waals surface area contributed by atoms with Crippen molar-refractivity contribution in [2.45, 2.75) is 31.0 Å². The monoisotopic (exact) mass is 520 g/mol. The van der Waals surface area contributed by atoms with Gasteiger partial charge in [0.1, 0.15) is 5.82 Å². The zero-order valence-electron chi connectivity index (χ0n) is 20.1. The Balaban J connectivity index is 1.60. The molecule has 0 saturated carbocycles. The first kappa shape index (κ1) is 25.6. The second-order valence-electron chi connectivity index (χ2n) is 8.97. The van der Waals surface area contributed by atoms with Gasteiger partial charge in [-0.1, -0.05) is 11.3 Å². The number of thiazole rings is 1. The number of hydrogen-bond acceptors (Lipinski definition) is 7. The fraction of sp³-hybridized carbons (Fsp3) is 0.417. The second kappa shape index (κ2) is 10.3. The number of benzene rings is 2. The van der Waals surface area contributed by atoms with Crippen molar-refractivity contribution in [2.24, 2.45) is 0 Å². The van der Waals surface area contributed by atoms with E-state index in [2.05, 4.69) is 4.98 Å². The third-order valence-electron chi connectivity index (χ3n) is 5.71. The Morgan fingerprint density at radius 3 is 2.40 bits per heavy atom. The van der Waals surface area contributed by atoms with Gasteiger partial charge in [0.15, 0.2) is 5.13 Å². The molecular weight excluding hydrogens is 491 g/mol. The molecule has 1 amide bonds. The number of carbonyl (C=O) groups excluding carboxylic acids is 1. The summed E-state index contributed by atoms with van der Waals surface area (Å²) in [7, 11) is 0.103. The molecule has 4 rings (SSSR count). The SMILES string of the molecule is CC1CN(S(=O)(=O)c2ccc(C(=O)N(CCN(C)C)c3nc4ccc(F)cc4s3)cc2)CC(C)O1. The van der Waals surface area contributed by atoms with Crippen LogP contribution < -0.4 is 4.90 Å². The van der Waals surface area contributed by atoms with E-state index in [9.17, 15) is 17.6 Å². The molecular formula is C24H29FN4O4S2. The number of carbonyl (C=O) groups is 1. The topological polar surface area (TPSA) is 83.1 Å². The summed E-state index contributed by atoms with van der Waals surface area (Å²) in [6, 6.07) is 10.3. The molecule has 0 aliphatic carbocycles. The zero-order valence-corrected chi connectivity index (χ0v) is 21.8. The number of rotatable bonds is 7. The summed E-state index contributed by atoms with van der Waals surface area (Å²) < 4.78 is 47.7. The molecule has 0 bridgehead atoms. The second-order valence-corrected chi connectivity index (χ2v) is 11.9. The normalized spacial score (nSPS) is 19.4. The molecule has 188 valence electrons. The molecule has 0 radical (unpaired) electrons. The maximum atomic E-state index is 13.7. The lowest BCUT2D eigenvalue weighted by Gasteiger charge is -2.34. The molecule has 1 saturated heterocycles. The quantitative estimate of drug-likeness (QED) is 0.475. The summed E-state index contributed by atoms with van der Waals surface area (Å²) in [5.74, 6) is -0.663. The van der Waals surface area contributed by atoms with E-state index < -0.39 is 10.0 Å². The van der Waals surface area contributed by atoms with E-state index in [4.69, 9.17) is 4.74 Å². The number of hydrogen-bond donors (Lipinski definition) is 0. The minimum atomic E-state index is -3.71. The standard InChI is InChI=1S/C24H29FN4O4S2/c1-16-14-28(15-17(2)33-16)35(31,32)20-8-5-18(6-9-20)23(30)29(12-11-27(3)4)24-26-21-10-7-19(25)13-22(21)34-24/h5-10,13,16-17H,11-12,14-15H2,1-4H3. The molecule has 35 heavy (non-hydrogen) atoms. The average Bonchev–Trinajstić information content (AvgIpc) is 3.21. The Hall–Kier alpha value is -2.44. The number of amides is 1. The van der Waals surface area contributed by atoms with Crippen LogP contribution in [0.2, 0.25) is 0 Å². The Kier molecular flexibility index (Phi) is 7.53. The van der Waals surface area contributed by atoms with Crippen LogP contribution in [0.4, 0.5) is 9.52 Å². The van der Waals surface area contributed by atoms with Crippen molar-refractivity contribution < 1.29 is 22.3 Å². The molecule has 2 aromatic carbocycles. The highest BCUT2D eigenvalue weighted by Gasteiger charge is 2.32. The molecule has 1 aromatic heterocycles. The van der Waals surface area contributed by atoms with E-state index >= 15 is 0 Å². The highest BCUT2D eigenvalue weighted by atomic mass is 32.2. The molecule has 1 aliphatic rings. The molecule has 1 aliphatic heterocycles. The predicted octanol–water partition coefficient (Wildman–Crippen LogP) is 3.44. The molecule has 1 fully saturated rings. The van der Waals surface area contributed by atoms with Crippen LogP contribution >= 0.6 is 11.3 Å². The molecule has 3 aromatic rings. The zero-order chi connectivity index (χ0) is 25.3. The highest BCUT2D eigenvalue weighted by Crippen LogP contribution is 2.30. The van der Waals surface area contributed by atoms with Crippen molar-refractivity contribution >= 4 is 42.6 Å². The summed E-state index contributed by atoms with van der Waals surface area (Å²) in [5, 5.41) is 0.463. The number of sulfonamides is 1. The van der Waals surface area contributed by atoms with Gasteiger partial charge in [-0.25, -0.2) is 17.8 Å². The number of fused-ring (bicyclic) bond motifs is 1. The summed E-state index contributed by atoms with van der Waals surface area (Å²) in [6.07, 6.45) is -0.385. The van der Waals surface area contributed by atoms with Crippen molar-refractivity contribution in [3.8, 4) is 0 Å². The largest absolute Gasteiger partial charge is 0.373 e.